The van der Waals surface area contributed by atoms with Crippen LogP contribution >= 0.6 is 0 Å². The van der Waals surface area contributed by atoms with Gasteiger partial charge in [0.15, 0.2) is 6.61 Å². The molecule has 8 heteroatoms. The van der Waals surface area contributed by atoms with E-state index in [4.69, 9.17) is 15.2 Å². The Kier molecular flexibility index (Phi) is 8.64. The Morgan fingerprint density at radius 1 is 1.17 bits per heavy atom. The number of rotatable bonds is 11. The lowest BCUT2D eigenvalue weighted by Crippen LogP contribution is -2.33. The lowest BCUT2D eigenvalue weighted by atomic mass is 10.0. The number of esters is 1. The van der Waals surface area contributed by atoms with Crippen molar-refractivity contribution in [1.82, 2.24) is 5.32 Å². The number of carbonyl (C=O) groups excluding carboxylic acids is 2. The number of phenols is 1. The van der Waals surface area contributed by atoms with Gasteiger partial charge in [0.1, 0.15) is 11.5 Å². The highest BCUT2D eigenvalue weighted by Crippen LogP contribution is 2.21. The number of primary amides is 1. The lowest BCUT2D eigenvalue weighted by Gasteiger charge is -2.21. The van der Waals surface area contributed by atoms with Gasteiger partial charge in [0.05, 0.1) is 18.3 Å². The highest BCUT2D eigenvalue weighted by atomic mass is 16.6. The molecule has 2 atom stereocenters. The van der Waals surface area contributed by atoms with Crippen molar-refractivity contribution in [2.24, 2.45) is 5.73 Å². The minimum atomic E-state index is -0.731. The van der Waals surface area contributed by atoms with Gasteiger partial charge in [-0.3, -0.25) is 4.79 Å². The predicted molar refractivity (Wildman–Crippen MR) is 111 cm³/mol. The van der Waals surface area contributed by atoms with Gasteiger partial charge in [-0.25, -0.2) is 4.79 Å². The molecule has 0 bridgehead atoms. The number of hydrogen-bond donors (Lipinski definition) is 4. The summed E-state index contributed by atoms with van der Waals surface area (Å²) in [7, 11) is 0. The zero-order valence-electron chi connectivity index (χ0n) is 17.1. The maximum Gasteiger partial charge on any atom is 0.344 e. The zero-order valence-corrected chi connectivity index (χ0v) is 17.1. The zero-order chi connectivity index (χ0) is 22.1. The molecule has 30 heavy (non-hydrogen) atoms. The Bertz CT molecular complexity index is 853. The van der Waals surface area contributed by atoms with Crippen molar-refractivity contribution in [2.45, 2.75) is 32.4 Å². The molecule has 0 aliphatic rings. The molecule has 0 aromatic heterocycles. The SMILES string of the molecule is CCOC(=O)COc1ccc(CCN[C@@H](C)[C@H](O)c2ccc(O)cc2)cc1C(N)=O. The van der Waals surface area contributed by atoms with Crippen LogP contribution in [0.15, 0.2) is 42.5 Å². The van der Waals surface area contributed by atoms with E-state index in [-0.39, 0.29) is 36.3 Å². The second-order valence-corrected chi connectivity index (χ2v) is 6.82. The fraction of sp³-hybridized carbons (Fsp3) is 0.364. The molecule has 0 saturated heterocycles. The quantitative estimate of drug-likeness (QED) is 0.410. The van der Waals surface area contributed by atoms with Crippen LogP contribution in [0.4, 0.5) is 0 Å². The summed E-state index contributed by atoms with van der Waals surface area (Å²) in [6.45, 7) is 4.05. The molecule has 0 unspecified atom stereocenters. The third kappa shape index (κ3) is 6.75. The molecular formula is C22H28N2O6. The van der Waals surface area contributed by atoms with E-state index in [1.165, 1.54) is 12.1 Å². The first-order valence-corrected chi connectivity index (χ1v) is 9.73. The standard InChI is InChI=1S/C22H28N2O6/c1-3-29-20(26)13-30-19-9-4-15(12-18(19)22(23)28)10-11-24-14(2)21(27)16-5-7-17(25)8-6-16/h4-9,12,14,21,24-25,27H,3,10-11,13H2,1-2H3,(H2,23,28)/t14-,21-/m0/s1. The van der Waals surface area contributed by atoms with E-state index in [1.807, 2.05) is 6.92 Å². The number of nitrogens with two attached hydrogens (primary N) is 1. The first-order chi connectivity index (χ1) is 14.3. The number of aliphatic hydroxyl groups is 1. The van der Waals surface area contributed by atoms with E-state index in [0.717, 1.165) is 5.56 Å². The molecule has 1 amide bonds. The van der Waals surface area contributed by atoms with Gasteiger partial charge >= 0.3 is 5.97 Å². The third-order valence-electron chi connectivity index (χ3n) is 4.55. The van der Waals surface area contributed by atoms with E-state index < -0.39 is 18.0 Å². The summed E-state index contributed by atoms with van der Waals surface area (Å²) >= 11 is 0. The first-order valence-electron chi connectivity index (χ1n) is 9.73. The number of carbonyl (C=O) groups is 2. The minimum Gasteiger partial charge on any atom is -0.508 e. The number of amides is 1. The fourth-order valence-electron chi connectivity index (χ4n) is 2.91. The number of nitrogens with one attached hydrogen (secondary N) is 1. The molecule has 0 heterocycles. The van der Waals surface area contributed by atoms with Crippen LogP contribution in [0.5, 0.6) is 11.5 Å². The predicted octanol–water partition coefficient (Wildman–Crippen LogP) is 1.69. The molecule has 2 aromatic carbocycles. The summed E-state index contributed by atoms with van der Waals surface area (Å²) in [5.41, 5.74) is 7.18. The van der Waals surface area contributed by atoms with Gasteiger partial charge in [-0.2, -0.15) is 0 Å². The molecule has 0 aliphatic carbocycles. The Labute approximate surface area is 175 Å². The van der Waals surface area contributed by atoms with Crippen molar-refractivity contribution in [3.05, 3.63) is 59.2 Å². The monoisotopic (exact) mass is 416 g/mol. The van der Waals surface area contributed by atoms with E-state index in [1.54, 1.807) is 37.3 Å². The van der Waals surface area contributed by atoms with Crippen molar-refractivity contribution < 1.29 is 29.3 Å². The van der Waals surface area contributed by atoms with Gasteiger partial charge < -0.3 is 30.7 Å². The summed E-state index contributed by atoms with van der Waals surface area (Å²) in [6, 6.07) is 11.2. The van der Waals surface area contributed by atoms with E-state index >= 15 is 0 Å². The average Bonchev–Trinajstić information content (AvgIpc) is 2.72. The average molecular weight is 416 g/mol. The van der Waals surface area contributed by atoms with Crippen molar-refractivity contribution in [3.8, 4) is 11.5 Å². The fourth-order valence-corrected chi connectivity index (χ4v) is 2.91. The molecule has 8 nitrogen and oxygen atoms in total. The van der Waals surface area contributed by atoms with E-state index in [0.29, 0.717) is 18.5 Å². The molecule has 2 aromatic rings. The van der Waals surface area contributed by atoms with Crippen molar-refractivity contribution >= 4 is 11.9 Å². The van der Waals surface area contributed by atoms with Crippen molar-refractivity contribution in [3.63, 3.8) is 0 Å². The number of ether oxygens (including phenoxy) is 2. The van der Waals surface area contributed by atoms with Gasteiger partial charge in [0, 0.05) is 6.04 Å². The van der Waals surface area contributed by atoms with Gasteiger partial charge in [-0.1, -0.05) is 18.2 Å². The summed E-state index contributed by atoms with van der Waals surface area (Å²) in [5.74, 6) is -0.808. The Morgan fingerprint density at radius 2 is 1.87 bits per heavy atom. The minimum absolute atomic E-state index is 0.145. The van der Waals surface area contributed by atoms with Crippen LogP contribution in [0.1, 0.15) is 41.4 Å². The molecule has 0 fully saturated rings. The molecule has 2 rings (SSSR count). The number of aromatic hydroxyl groups is 1. The van der Waals surface area contributed by atoms with E-state index in [2.05, 4.69) is 5.32 Å². The van der Waals surface area contributed by atoms with Gasteiger partial charge in [-0.05, 0) is 62.2 Å². The highest BCUT2D eigenvalue weighted by Gasteiger charge is 2.16. The summed E-state index contributed by atoms with van der Waals surface area (Å²) in [5, 5.41) is 23.0. The number of benzene rings is 2. The van der Waals surface area contributed by atoms with Crippen molar-refractivity contribution in [1.29, 1.82) is 0 Å². The van der Waals surface area contributed by atoms with Gasteiger partial charge in [0.2, 0.25) is 0 Å². The molecule has 162 valence electrons. The molecular weight excluding hydrogens is 388 g/mol. The van der Waals surface area contributed by atoms with Crippen LogP contribution < -0.4 is 15.8 Å². The van der Waals surface area contributed by atoms with E-state index in [9.17, 15) is 19.8 Å². The number of hydrogen-bond acceptors (Lipinski definition) is 7. The number of phenolic OH excluding ortho intramolecular Hbond substituents is 1. The summed E-state index contributed by atoms with van der Waals surface area (Å²) in [6.07, 6.45) is -0.143. The number of aliphatic hydroxyl groups excluding tert-OH is 1. The molecule has 0 radical (unpaired) electrons. The molecule has 0 spiro atoms. The Balaban J connectivity index is 1.93. The second kappa shape index (κ2) is 11.2. The normalized spacial score (nSPS) is 12.8. The largest absolute Gasteiger partial charge is 0.508 e. The lowest BCUT2D eigenvalue weighted by molar-refractivity contribution is -0.145. The van der Waals surface area contributed by atoms with Crippen LogP contribution in [0.2, 0.25) is 0 Å². The van der Waals surface area contributed by atoms with Crippen molar-refractivity contribution in [2.75, 3.05) is 19.8 Å². The van der Waals surface area contributed by atoms with Gasteiger partial charge in [0.25, 0.3) is 5.91 Å². The van der Waals surface area contributed by atoms with Crippen LogP contribution in [-0.2, 0) is 16.0 Å². The molecule has 5 N–H and O–H groups in total. The molecule has 0 saturated carbocycles. The summed E-state index contributed by atoms with van der Waals surface area (Å²) < 4.78 is 10.2. The first kappa shape index (κ1) is 23.2. The van der Waals surface area contributed by atoms with Crippen LogP contribution in [0.25, 0.3) is 0 Å². The van der Waals surface area contributed by atoms with Crippen LogP contribution in [-0.4, -0.2) is 47.9 Å². The maximum absolute atomic E-state index is 11.8. The van der Waals surface area contributed by atoms with Crippen LogP contribution in [0, 0.1) is 0 Å². The van der Waals surface area contributed by atoms with Crippen LogP contribution in [0.3, 0.4) is 0 Å². The highest BCUT2D eigenvalue weighted by molar-refractivity contribution is 5.96. The topological polar surface area (TPSA) is 131 Å². The molecule has 0 aliphatic heterocycles. The smallest absolute Gasteiger partial charge is 0.344 e. The summed E-state index contributed by atoms with van der Waals surface area (Å²) in [4.78, 5) is 23.2. The maximum atomic E-state index is 11.8. The van der Waals surface area contributed by atoms with Gasteiger partial charge in [-0.15, -0.1) is 0 Å². The Morgan fingerprint density at radius 3 is 2.50 bits per heavy atom. The third-order valence-corrected chi connectivity index (χ3v) is 4.55. The second-order valence-electron chi connectivity index (χ2n) is 6.82. The Hall–Kier alpha value is -3.10.